The van der Waals surface area contributed by atoms with Crippen molar-refractivity contribution in [3.63, 3.8) is 0 Å². The smallest absolute Gasteiger partial charge is 0.408 e. The van der Waals surface area contributed by atoms with Gasteiger partial charge in [0, 0.05) is 0 Å². The van der Waals surface area contributed by atoms with Gasteiger partial charge in [0.1, 0.15) is 5.75 Å². The molecule has 114 valence electrons. The molecule has 1 amide bonds. The van der Waals surface area contributed by atoms with Crippen LogP contribution >= 0.6 is 0 Å². The highest BCUT2D eigenvalue weighted by Crippen LogP contribution is 2.28. The van der Waals surface area contributed by atoms with E-state index in [4.69, 9.17) is 5.11 Å². The molecule has 0 saturated carbocycles. The molecule has 0 aliphatic heterocycles. The van der Waals surface area contributed by atoms with Crippen LogP contribution in [0.15, 0.2) is 24.3 Å². The molecule has 0 aliphatic carbocycles. The first-order chi connectivity index (χ1) is 9.85. The first kappa shape index (κ1) is 16.3. The molecule has 1 aromatic rings. The van der Waals surface area contributed by atoms with E-state index >= 15 is 0 Å². The lowest BCUT2D eigenvalue weighted by atomic mass is 9.86. The molecular weight excluding hydrogens is 282 g/mol. The zero-order chi connectivity index (χ0) is 16.0. The van der Waals surface area contributed by atoms with Crippen molar-refractivity contribution in [2.24, 2.45) is 0 Å². The van der Waals surface area contributed by atoms with Crippen LogP contribution in [0.25, 0.3) is 0 Å². The summed E-state index contributed by atoms with van der Waals surface area (Å²) in [6.45, 7) is 0. The van der Waals surface area contributed by atoms with Crippen LogP contribution in [0, 0.1) is 0 Å². The third-order valence-electron chi connectivity index (χ3n) is 2.81. The minimum absolute atomic E-state index is 0.0779. The summed E-state index contributed by atoms with van der Waals surface area (Å²) >= 11 is 0. The number of phenolic OH excluding ortho intramolecular Hbond substituents is 1. The number of amides is 1. The van der Waals surface area contributed by atoms with Gasteiger partial charge in [-0.05, 0) is 17.7 Å². The first-order valence-corrected chi connectivity index (χ1v) is 5.81. The number of phenols is 1. The summed E-state index contributed by atoms with van der Waals surface area (Å²) in [6.07, 6.45) is -1.74. The lowest BCUT2D eigenvalue weighted by Gasteiger charge is -2.30. The molecule has 0 radical (unpaired) electrons. The fraction of sp³-hybridized carbons (Fsp3) is 0.308. The average molecular weight is 297 g/mol. The fourth-order valence-electron chi connectivity index (χ4n) is 1.83. The summed E-state index contributed by atoms with van der Waals surface area (Å²) < 4.78 is 9.04. The summed E-state index contributed by atoms with van der Waals surface area (Å²) in [5.41, 5.74) is -1.82. The van der Waals surface area contributed by atoms with Crippen molar-refractivity contribution in [1.29, 1.82) is 0 Å². The predicted octanol–water partition coefficient (Wildman–Crippen LogP) is 0.591. The maximum absolute atomic E-state index is 12.1. The number of alkyl carbamates (subject to hydrolysis) is 1. The van der Waals surface area contributed by atoms with Gasteiger partial charge in [-0.1, -0.05) is 12.1 Å². The maximum Gasteiger partial charge on any atom is 0.408 e. The fourth-order valence-corrected chi connectivity index (χ4v) is 1.83. The Morgan fingerprint density at radius 3 is 2.14 bits per heavy atom. The highest BCUT2D eigenvalue weighted by molar-refractivity contribution is 5.91. The van der Waals surface area contributed by atoms with E-state index in [0.29, 0.717) is 0 Å². The molecule has 0 unspecified atom stereocenters. The average Bonchev–Trinajstić information content (AvgIpc) is 2.45. The van der Waals surface area contributed by atoms with E-state index in [9.17, 15) is 19.5 Å². The van der Waals surface area contributed by atoms with Crippen LogP contribution in [0.3, 0.4) is 0 Å². The third-order valence-corrected chi connectivity index (χ3v) is 2.81. The number of carbonyl (C=O) groups excluding carboxylic acids is 2. The molecule has 0 saturated heterocycles. The van der Waals surface area contributed by atoms with Gasteiger partial charge in [-0.25, -0.2) is 9.59 Å². The zero-order valence-corrected chi connectivity index (χ0v) is 11.5. The van der Waals surface area contributed by atoms with E-state index in [1.165, 1.54) is 24.3 Å². The summed E-state index contributed by atoms with van der Waals surface area (Å²) in [5, 5.41) is 20.5. The monoisotopic (exact) mass is 297 g/mol. The number of aromatic hydroxyl groups is 1. The van der Waals surface area contributed by atoms with Crippen LogP contribution < -0.4 is 5.32 Å². The van der Waals surface area contributed by atoms with Crippen molar-refractivity contribution in [3.05, 3.63) is 29.8 Å². The Hall–Kier alpha value is -2.77. The minimum Gasteiger partial charge on any atom is -0.508 e. The van der Waals surface area contributed by atoms with Crippen molar-refractivity contribution in [3.8, 4) is 5.75 Å². The SMILES string of the molecule is COC(=O)N[C@](CC(=O)O)(C(=O)OC)c1ccc(O)cc1. The number of ether oxygens (including phenoxy) is 2. The molecule has 8 nitrogen and oxygen atoms in total. The number of rotatable bonds is 5. The molecule has 0 fully saturated rings. The van der Waals surface area contributed by atoms with Crippen LogP contribution in [0.2, 0.25) is 0 Å². The number of nitrogens with one attached hydrogen (secondary N) is 1. The normalized spacial score (nSPS) is 12.9. The van der Waals surface area contributed by atoms with Gasteiger partial charge in [-0.3, -0.25) is 4.79 Å². The predicted molar refractivity (Wildman–Crippen MR) is 69.6 cm³/mol. The molecule has 1 aromatic carbocycles. The van der Waals surface area contributed by atoms with Crippen molar-refractivity contribution < 1.29 is 34.1 Å². The lowest BCUT2D eigenvalue weighted by Crippen LogP contribution is -2.53. The number of carboxylic acid groups (broad SMARTS) is 1. The van der Waals surface area contributed by atoms with Gasteiger partial charge < -0.3 is 25.0 Å². The Morgan fingerprint density at radius 1 is 1.14 bits per heavy atom. The minimum atomic E-state index is -1.96. The van der Waals surface area contributed by atoms with Crippen molar-refractivity contribution >= 4 is 18.0 Å². The van der Waals surface area contributed by atoms with E-state index in [-0.39, 0.29) is 11.3 Å². The van der Waals surface area contributed by atoms with Gasteiger partial charge in [-0.15, -0.1) is 0 Å². The van der Waals surface area contributed by atoms with Crippen LogP contribution in [0.1, 0.15) is 12.0 Å². The van der Waals surface area contributed by atoms with Gasteiger partial charge in [0.15, 0.2) is 5.54 Å². The second kappa shape index (κ2) is 6.60. The Balaban J connectivity index is 3.40. The molecule has 21 heavy (non-hydrogen) atoms. The van der Waals surface area contributed by atoms with Gasteiger partial charge in [-0.2, -0.15) is 0 Å². The van der Waals surface area contributed by atoms with E-state index < -0.39 is 30.0 Å². The number of aliphatic carboxylic acids is 1. The molecule has 1 rings (SSSR count). The second-order valence-electron chi connectivity index (χ2n) is 4.13. The maximum atomic E-state index is 12.1. The molecule has 0 aliphatic rings. The molecule has 0 aromatic heterocycles. The highest BCUT2D eigenvalue weighted by atomic mass is 16.5. The number of carboxylic acids is 1. The number of hydrogen-bond donors (Lipinski definition) is 3. The van der Waals surface area contributed by atoms with Crippen molar-refractivity contribution in [2.45, 2.75) is 12.0 Å². The van der Waals surface area contributed by atoms with Crippen molar-refractivity contribution in [2.75, 3.05) is 14.2 Å². The molecule has 0 bridgehead atoms. The zero-order valence-electron chi connectivity index (χ0n) is 11.5. The molecule has 0 spiro atoms. The van der Waals surface area contributed by atoms with E-state index in [1.807, 2.05) is 0 Å². The Bertz CT molecular complexity index is 540. The summed E-state index contributed by atoms with van der Waals surface area (Å²) in [6, 6.07) is 5.14. The number of esters is 1. The quantitative estimate of drug-likeness (QED) is 0.680. The van der Waals surface area contributed by atoms with Gasteiger partial charge in [0.05, 0.1) is 20.6 Å². The highest BCUT2D eigenvalue weighted by Gasteiger charge is 2.45. The van der Waals surface area contributed by atoms with Gasteiger partial charge in [0.25, 0.3) is 0 Å². The number of benzene rings is 1. The van der Waals surface area contributed by atoms with Gasteiger partial charge in [0.2, 0.25) is 0 Å². The Labute approximate surface area is 120 Å². The first-order valence-electron chi connectivity index (χ1n) is 5.81. The molecule has 3 N–H and O–H groups in total. The molecule has 8 heteroatoms. The van der Waals surface area contributed by atoms with Crippen LogP contribution in [0.5, 0.6) is 5.75 Å². The molecule has 0 heterocycles. The summed E-state index contributed by atoms with van der Waals surface area (Å²) in [4.78, 5) is 34.7. The lowest BCUT2D eigenvalue weighted by molar-refractivity contribution is -0.154. The Kier molecular flexibility index (Phi) is 5.12. The standard InChI is InChI=1S/C13H15NO7/c1-20-11(18)13(7-10(16)17,14-12(19)21-2)8-3-5-9(15)6-4-8/h3-6,15H,7H2,1-2H3,(H,14,19)(H,16,17)/t13-/m0/s1. The third kappa shape index (κ3) is 3.62. The second-order valence-corrected chi connectivity index (χ2v) is 4.13. The van der Waals surface area contributed by atoms with E-state index in [2.05, 4.69) is 14.8 Å². The molecular formula is C13H15NO7. The van der Waals surface area contributed by atoms with Crippen LogP contribution in [-0.2, 0) is 24.6 Å². The number of carbonyl (C=O) groups is 3. The van der Waals surface area contributed by atoms with Crippen molar-refractivity contribution in [1.82, 2.24) is 5.32 Å². The van der Waals surface area contributed by atoms with E-state index in [0.717, 1.165) is 14.2 Å². The summed E-state index contributed by atoms with van der Waals surface area (Å²) in [5.74, 6) is -2.38. The van der Waals surface area contributed by atoms with Crippen LogP contribution in [-0.4, -0.2) is 42.5 Å². The number of methoxy groups -OCH3 is 2. The van der Waals surface area contributed by atoms with Crippen LogP contribution in [0.4, 0.5) is 4.79 Å². The Morgan fingerprint density at radius 2 is 1.71 bits per heavy atom. The van der Waals surface area contributed by atoms with Gasteiger partial charge >= 0.3 is 18.0 Å². The summed E-state index contributed by atoms with van der Waals surface area (Å²) in [7, 11) is 2.15. The topological polar surface area (TPSA) is 122 Å². The van der Waals surface area contributed by atoms with E-state index in [1.54, 1.807) is 0 Å². The molecule has 1 atom stereocenters. The largest absolute Gasteiger partial charge is 0.508 e. The number of hydrogen-bond acceptors (Lipinski definition) is 6.